The number of hydrogen-bond donors (Lipinski definition) is 0. The van der Waals surface area contributed by atoms with E-state index >= 15 is 0 Å². The van der Waals surface area contributed by atoms with Crippen LogP contribution >= 0.6 is 11.6 Å². The highest BCUT2D eigenvalue weighted by atomic mass is 35.5. The van der Waals surface area contributed by atoms with E-state index in [9.17, 15) is 4.79 Å². The van der Waals surface area contributed by atoms with E-state index in [1.807, 2.05) is 0 Å². The van der Waals surface area contributed by atoms with Crippen molar-refractivity contribution in [3.63, 3.8) is 0 Å². The summed E-state index contributed by atoms with van der Waals surface area (Å²) in [5, 5.41) is 0.949. The maximum Gasteiger partial charge on any atom is 0.196 e. The fourth-order valence-electron chi connectivity index (χ4n) is 2.54. The van der Waals surface area contributed by atoms with Crippen molar-refractivity contribution in [3.05, 3.63) is 58.7 Å². The summed E-state index contributed by atoms with van der Waals surface area (Å²) in [7, 11) is 4.66. The van der Waals surface area contributed by atoms with Crippen LogP contribution in [0.4, 0.5) is 0 Å². The van der Waals surface area contributed by atoms with Gasteiger partial charge in [0.15, 0.2) is 17.3 Å². The third kappa shape index (κ3) is 3.10. The molecule has 0 amide bonds. The molecule has 0 spiro atoms. The van der Waals surface area contributed by atoms with Gasteiger partial charge in [0, 0.05) is 23.2 Å². The number of nitrogens with zero attached hydrogens (tertiary/aromatic N) is 1. The Kier molecular flexibility index (Phi) is 4.76. The van der Waals surface area contributed by atoms with Gasteiger partial charge in [-0.1, -0.05) is 11.6 Å². The van der Waals surface area contributed by atoms with E-state index < -0.39 is 0 Å². The Morgan fingerprint density at radius 2 is 1.60 bits per heavy atom. The minimum Gasteiger partial charge on any atom is -0.497 e. The Bertz CT molecular complexity index is 938. The van der Waals surface area contributed by atoms with Gasteiger partial charge in [0.25, 0.3) is 0 Å². The molecule has 1 aromatic heterocycles. The van der Waals surface area contributed by atoms with Gasteiger partial charge in [-0.15, -0.1) is 0 Å². The minimum atomic E-state index is -0.211. The van der Waals surface area contributed by atoms with Crippen LogP contribution in [0.15, 0.2) is 42.6 Å². The molecule has 0 radical (unpaired) electrons. The number of halogens is 1. The van der Waals surface area contributed by atoms with Crippen LogP contribution in [0, 0.1) is 0 Å². The number of rotatable bonds is 5. The lowest BCUT2D eigenvalue weighted by molar-refractivity contribution is 0.103. The molecule has 0 aliphatic heterocycles. The SMILES string of the molecule is COc1ccc(C(=O)c2cnc3cc(OC)c(OC)cc3c2Cl)cc1. The molecular formula is C19H16ClNO4. The van der Waals surface area contributed by atoms with Gasteiger partial charge >= 0.3 is 0 Å². The Balaban J connectivity index is 2.09. The van der Waals surface area contributed by atoms with E-state index in [4.69, 9.17) is 25.8 Å². The zero-order valence-corrected chi connectivity index (χ0v) is 14.8. The third-order valence-corrected chi connectivity index (χ3v) is 4.31. The summed E-state index contributed by atoms with van der Waals surface area (Å²) in [5.74, 6) is 1.54. The van der Waals surface area contributed by atoms with Crippen LogP contribution in [0.1, 0.15) is 15.9 Å². The van der Waals surface area contributed by atoms with Gasteiger partial charge in [-0.05, 0) is 30.3 Å². The number of aromatic nitrogens is 1. The lowest BCUT2D eigenvalue weighted by Crippen LogP contribution is -2.04. The molecule has 0 saturated carbocycles. The minimum absolute atomic E-state index is 0.211. The molecule has 0 N–H and O–H groups in total. The van der Waals surface area contributed by atoms with Gasteiger partial charge in [0.2, 0.25) is 0 Å². The van der Waals surface area contributed by atoms with E-state index in [-0.39, 0.29) is 5.78 Å². The monoisotopic (exact) mass is 357 g/mol. The quantitative estimate of drug-likeness (QED) is 0.642. The zero-order chi connectivity index (χ0) is 18.0. The smallest absolute Gasteiger partial charge is 0.196 e. The van der Waals surface area contributed by atoms with E-state index in [0.29, 0.717) is 44.3 Å². The van der Waals surface area contributed by atoms with E-state index in [1.54, 1.807) is 50.6 Å². The topological polar surface area (TPSA) is 57.7 Å². The van der Waals surface area contributed by atoms with Crippen molar-refractivity contribution in [2.45, 2.75) is 0 Å². The van der Waals surface area contributed by atoms with Crippen molar-refractivity contribution in [2.75, 3.05) is 21.3 Å². The summed E-state index contributed by atoms with van der Waals surface area (Å²) in [6, 6.07) is 10.3. The van der Waals surface area contributed by atoms with Gasteiger partial charge in [-0.2, -0.15) is 0 Å². The number of ketones is 1. The number of carbonyl (C=O) groups excluding carboxylic acids is 1. The first-order chi connectivity index (χ1) is 12.1. The molecule has 128 valence electrons. The van der Waals surface area contributed by atoms with Crippen molar-refractivity contribution in [1.82, 2.24) is 4.98 Å². The Labute approximate surface area is 150 Å². The first kappa shape index (κ1) is 17.0. The Hall–Kier alpha value is -2.79. The van der Waals surface area contributed by atoms with Gasteiger partial charge < -0.3 is 14.2 Å². The maximum atomic E-state index is 12.8. The fourth-order valence-corrected chi connectivity index (χ4v) is 2.83. The van der Waals surface area contributed by atoms with Crippen LogP contribution in [0.2, 0.25) is 5.02 Å². The van der Waals surface area contributed by atoms with Crippen LogP contribution in [0.25, 0.3) is 10.9 Å². The normalized spacial score (nSPS) is 10.6. The van der Waals surface area contributed by atoms with Gasteiger partial charge in [0.1, 0.15) is 5.75 Å². The average molecular weight is 358 g/mol. The van der Waals surface area contributed by atoms with E-state index in [1.165, 1.54) is 13.3 Å². The lowest BCUT2D eigenvalue weighted by Gasteiger charge is -2.11. The average Bonchev–Trinajstić information content (AvgIpc) is 2.67. The molecule has 0 saturated heterocycles. The molecule has 0 aliphatic carbocycles. The molecule has 25 heavy (non-hydrogen) atoms. The molecule has 0 atom stereocenters. The van der Waals surface area contributed by atoms with Crippen molar-refractivity contribution >= 4 is 28.3 Å². The van der Waals surface area contributed by atoms with Crippen LogP contribution in [0.3, 0.4) is 0 Å². The predicted molar refractivity (Wildman–Crippen MR) is 96.3 cm³/mol. The summed E-state index contributed by atoms with van der Waals surface area (Å²) in [6.07, 6.45) is 1.48. The Morgan fingerprint density at radius 1 is 0.960 bits per heavy atom. The molecule has 0 aliphatic rings. The summed E-state index contributed by atoms with van der Waals surface area (Å²) in [4.78, 5) is 17.1. The number of carbonyl (C=O) groups is 1. The van der Waals surface area contributed by atoms with Gasteiger partial charge in [-0.25, -0.2) is 0 Å². The van der Waals surface area contributed by atoms with Crippen molar-refractivity contribution in [2.24, 2.45) is 0 Å². The molecule has 0 unspecified atom stereocenters. The van der Waals surface area contributed by atoms with E-state index in [2.05, 4.69) is 4.98 Å². The second-order valence-electron chi connectivity index (χ2n) is 5.27. The molecule has 5 nitrogen and oxygen atoms in total. The highest BCUT2D eigenvalue weighted by Crippen LogP contribution is 2.36. The second kappa shape index (κ2) is 6.99. The number of benzene rings is 2. The number of hydrogen-bond acceptors (Lipinski definition) is 5. The third-order valence-electron chi connectivity index (χ3n) is 3.90. The molecule has 3 rings (SSSR count). The summed E-state index contributed by atoms with van der Waals surface area (Å²) in [6.45, 7) is 0. The number of methoxy groups -OCH3 is 3. The summed E-state index contributed by atoms with van der Waals surface area (Å²) < 4.78 is 15.7. The maximum absolute atomic E-state index is 12.8. The van der Waals surface area contributed by atoms with Crippen LogP contribution in [-0.2, 0) is 0 Å². The predicted octanol–water partition coefficient (Wildman–Crippen LogP) is 4.15. The largest absolute Gasteiger partial charge is 0.497 e. The molecule has 3 aromatic rings. The molecule has 0 bridgehead atoms. The molecule has 6 heteroatoms. The van der Waals surface area contributed by atoms with Crippen LogP contribution in [0.5, 0.6) is 17.2 Å². The number of ether oxygens (including phenoxy) is 3. The molecular weight excluding hydrogens is 342 g/mol. The molecule has 1 heterocycles. The zero-order valence-electron chi connectivity index (χ0n) is 14.0. The summed E-state index contributed by atoms with van der Waals surface area (Å²) >= 11 is 6.49. The first-order valence-electron chi connectivity index (χ1n) is 7.48. The van der Waals surface area contributed by atoms with Crippen molar-refractivity contribution in [1.29, 1.82) is 0 Å². The lowest BCUT2D eigenvalue weighted by atomic mass is 10.0. The second-order valence-corrected chi connectivity index (χ2v) is 5.65. The highest BCUT2D eigenvalue weighted by Gasteiger charge is 2.18. The Morgan fingerprint density at radius 3 is 2.20 bits per heavy atom. The first-order valence-corrected chi connectivity index (χ1v) is 7.85. The highest BCUT2D eigenvalue weighted by molar-refractivity contribution is 6.39. The van der Waals surface area contributed by atoms with Crippen LogP contribution < -0.4 is 14.2 Å². The molecule has 2 aromatic carbocycles. The number of fused-ring (bicyclic) bond motifs is 1. The fraction of sp³-hybridized carbons (Fsp3) is 0.158. The molecule has 0 fully saturated rings. The van der Waals surface area contributed by atoms with Gasteiger partial charge in [-0.3, -0.25) is 9.78 Å². The van der Waals surface area contributed by atoms with E-state index in [0.717, 1.165) is 0 Å². The number of pyridine rings is 1. The van der Waals surface area contributed by atoms with Crippen LogP contribution in [-0.4, -0.2) is 32.1 Å². The van der Waals surface area contributed by atoms with Crippen molar-refractivity contribution < 1.29 is 19.0 Å². The summed E-state index contributed by atoms with van der Waals surface area (Å²) in [5.41, 5.74) is 1.45. The van der Waals surface area contributed by atoms with Gasteiger partial charge in [0.05, 0.1) is 37.4 Å². The van der Waals surface area contributed by atoms with Crippen molar-refractivity contribution in [3.8, 4) is 17.2 Å². The standard InChI is InChI=1S/C19H16ClNO4/c1-23-12-6-4-11(5-7-12)19(22)14-10-21-15-9-17(25-3)16(24-2)8-13(15)18(14)20/h4-10H,1-3H3.